The van der Waals surface area contributed by atoms with Gasteiger partial charge in [0.15, 0.2) is 0 Å². The summed E-state index contributed by atoms with van der Waals surface area (Å²) in [5, 5.41) is 0. The molecule has 0 saturated heterocycles. The van der Waals surface area contributed by atoms with Crippen LogP contribution < -0.4 is 9.62 Å². The molecular formula is C34H38N2O5S2. The van der Waals surface area contributed by atoms with E-state index in [4.69, 9.17) is 4.74 Å². The van der Waals surface area contributed by atoms with Crippen molar-refractivity contribution in [2.75, 3.05) is 11.5 Å². The summed E-state index contributed by atoms with van der Waals surface area (Å²) < 4.78 is 34.1. The Morgan fingerprint density at radius 1 is 0.953 bits per heavy atom. The van der Waals surface area contributed by atoms with Gasteiger partial charge in [0.25, 0.3) is 15.9 Å². The van der Waals surface area contributed by atoms with Crippen molar-refractivity contribution in [2.45, 2.75) is 57.7 Å². The maximum Gasteiger partial charge on any atom is 0.421 e. The zero-order chi connectivity index (χ0) is 31.0. The Morgan fingerprint density at radius 2 is 1.67 bits per heavy atom. The van der Waals surface area contributed by atoms with Crippen molar-refractivity contribution in [1.29, 1.82) is 0 Å². The average Bonchev–Trinajstić information content (AvgIpc) is 3.41. The van der Waals surface area contributed by atoms with Gasteiger partial charge in [-0.25, -0.2) is 17.9 Å². The van der Waals surface area contributed by atoms with Crippen LogP contribution in [0, 0.1) is 12.8 Å². The molecule has 0 saturated carbocycles. The Balaban J connectivity index is 1.70. The van der Waals surface area contributed by atoms with Crippen molar-refractivity contribution in [3.63, 3.8) is 0 Å². The van der Waals surface area contributed by atoms with Gasteiger partial charge in [0.2, 0.25) is 0 Å². The molecule has 3 aromatic carbocycles. The van der Waals surface area contributed by atoms with Crippen LogP contribution in [0.4, 0.5) is 10.5 Å². The number of carbonyl (C=O) groups is 2. The van der Waals surface area contributed by atoms with Gasteiger partial charge in [-0.2, -0.15) is 0 Å². The molecule has 0 unspecified atom stereocenters. The fourth-order valence-corrected chi connectivity index (χ4v) is 7.42. The molecule has 0 atom stereocenters. The van der Waals surface area contributed by atoms with E-state index < -0.39 is 16.1 Å². The molecule has 2 amide bonds. The summed E-state index contributed by atoms with van der Waals surface area (Å²) in [4.78, 5) is 28.6. The van der Waals surface area contributed by atoms with E-state index in [0.29, 0.717) is 35.4 Å². The van der Waals surface area contributed by atoms with E-state index in [1.807, 2.05) is 86.6 Å². The van der Waals surface area contributed by atoms with Crippen molar-refractivity contribution in [3.05, 3.63) is 106 Å². The van der Waals surface area contributed by atoms with Gasteiger partial charge in [0.05, 0.1) is 13.2 Å². The molecule has 43 heavy (non-hydrogen) atoms. The zero-order valence-corrected chi connectivity index (χ0v) is 26.6. The van der Waals surface area contributed by atoms with E-state index in [-0.39, 0.29) is 23.3 Å². The quantitative estimate of drug-likeness (QED) is 0.163. The van der Waals surface area contributed by atoms with Crippen LogP contribution >= 0.6 is 11.3 Å². The van der Waals surface area contributed by atoms with E-state index >= 15 is 0 Å². The Labute approximate surface area is 258 Å². The van der Waals surface area contributed by atoms with Gasteiger partial charge < -0.3 is 9.64 Å². The average molecular weight is 619 g/mol. The number of ether oxygens (including phenoxy) is 1. The highest BCUT2D eigenvalue weighted by atomic mass is 32.2. The number of thiophene rings is 1. The first-order chi connectivity index (χ1) is 20.6. The van der Waals surface area contributed by atoms with Crippen LogP contribution in [0.5, 0.6) is 0 Å². The number of sulfonamides is 1. The van der Waals surface area contributed by atoms with E-state index in [1.54, 1.807) is 17.0 Å². The molecule has 1 N–H and O–H groups in total. The molecule has 0 radical (unpaired) electrons. The summed E-state index contributed by atoms with van der Waals surface area (Å²) in [7, 11) is -4.19. The molecule has 0 fully saturated rings. The van der Waals surface area contributed by atoms with Gasteiger partial charge in [-0.15, -0.1) is 11.3 Å². The van der Waals surface area contributed by atoms with Crippen LogP contribution in [-0.4, -0.2) is 27.0 Å². The maximum absolute atomic E-state index is 13.7. The lowest BCUT2D eigenvalue weighted by atomic mass is 10.0. The van der Waals surface area contributed by atoms with Crippen LogP contribution in [-0.2, 0) is 27.7 Å². The second kappa shape index (κ2) is 14.5. The number of anilines is 1. The van der Waals surface area contributed by atoms with Crippen LogP contribution in [0.2, 0.25) is 0 Å². The third-order valence-corrected chi connectivity index (χ3v) is 9.75. The number of nitrogens with zero attached hydrogens (tertiary/aromatic N) is 1. The van der Waals surface area contributed by atoms with Crippen LogP contribution in [0.15, 0.2) is 89.1 Å². The molecule has 0 bridgehead atoms. The number of benzene rings is 3. The summed E-state index contributed by atoms with van der Waals surface area (Å²) in [5.74, 6) is 0.172. The molecule has 7 nitrogen and oxygen atoms in total. The van der Waals surface area contributed by atoms with Gasteiger partial charge in [-0.05, 0) is 73.2 Å². The first kappa shape index (κ1) is 32.0. The minimum absolute atomic E-state index is 0.0588. The topological polar surface area (TPSA) is 92.8 Å². The molecule has 0 aliphatic carbocycles. The number of carbonyl (C=O) groups excluding carboxylic acids is 2. The number of amides is 2. The van der Waals surface area contributed by atoms with Crippen molar-refractivity contribution >= 4 is 39.0 Å². The number of aryl methyl sites for hydroxylation is 1. The van der Waals surface area contributed by atoms with E-state index in [1.165, 1.54) is 0 Å². The second-order valence-electron chi connectivity index (χ2n) is 10.9. The fraction of sp³-hybridized carbons (Fsp3) is 0.294. The third kappa shape index (κ3) is 8.55. The van der Waals surface area contributed by atoms with Crippen molar-refractivity contribution in [3.8, 4) is 11.1 Å². The number of nitrogens with one attached hydrogen (secondary N) is 1. The molecule has 4 rings (SSSR count). The van der Waals surface area contributed by atoms with Crippen LogP contribution in [0.25, 0.3) is 11.1 Å². The Hall–Kier alpha value is -3.95. The smallest absolute Gasteiger partial charge is 0.421 e. The molecule has 9 heteroatoms. The Bertz CT molecular complexity index is 1650. The molecule has 0 aliphatic rings. The summed E-state index contributed by atoms with van der Waals surface area (Å²) >= 11 is 1.16. The highest BCUT2D eigenvalue weighted by molar-refractivity contribution is 7.92. The molecule has 4 aromatic rings. The zero-order valence-electron chi connectivity index (χ0n) is 25.0. The van der Waals surface area contributed by atoms with E-state index in [0.717, 1.165) is 39.4 Å². The van der Waals surface area contributed by atoms with Gasteiger partial charge in [-0.1, -0.05) is 81.3 Å². The van der Waals surface area contributed by atoms with Crippen LogP contribution in [0.1, 0.15) is 60.0 Å². The minimum atomic E-state index is -4.19. The Morgan fingerprint density at radius 3 is 2.35 bits per heavy atom. The second-order valence-corrected chi connectivity index (χ2v) is 13.9. The predicted molar refractivity (Wildman–Crippen MR) is 173 cm³/mol. The highest BCUT2D eigenvalue weighted by Gasteiger charge is 2.27. The van der Waals surface area contributed by atoms with Crippen molar-refractivity contribution in [2.24, 2.45) is 5.92 Å². The summed E-state index contributed by atoms with van der Waals surface area (Å²) in [6, 6.07) is 26.3. The molecule has 1 aromatic heterocycles. The lowest BCUT2D eigenvalue weighted by Crippen LogP contribution is -2.31. The molecule has 1 heterocycles. The van der Waals surface area contributed by atoms with Gasteiger partial charge in [0, 0.05) is 21.7 Å². The van der Waals surface area contributed by atoms with Crippen molar-refractivity contribution in [1.82, 2.24) is 4.72 Å². The van der Waals surface area contributed by atoms with E-state index in [9.17, 15) is 18.0 Å². The first-order valence-corrected chi connectivity index (χ1v) is 16.7. The number of hydrogen-bond acceptors (Lipinski definition) is 6. The lowest BCUT2D eigenvalue weighted by Gasteiger charge is -2.24. The summed E-state index contributed by atoms with van der Waals surface area (Å²) in [6.45, 7) is 8.52. The molecule has 0 aliphatic heterocycles. The Kier molecular flexibility index (Phi) is 10.8. The molecular weight excluding hydrogens is 581 g/mol. The predicted octanol–water partition coefficient (Wildman–Crippen LogP) is 7.98. The van der Waals surface area contributed by atoms with Gasteiger partial charge in [0.1, 0.15) is 4.21 Å². The summed E-state index contributed by atoms with van der Waals surface area (Å²) in [5.41, 5.74) is 4.43. The minimum Gasteiger partial charge on any atom is -0.449 e. The number of hydrogen-bond donors (Lipinski definition) is 1. The van der Waals surface area contributed by atoms with Gasteiger partial charge in [-0.3, -0.25) is 4.79 Å². The first-order valence-electron chi connectivity index (χ1n) is 14.4. The lowest BCUT2D eigenvalue weighted by molar-refractivity contribution is 0.0985. The maximum atomic E-state index is 13.7. The highest BCUT2D eigenvalue weighted by Crippen LogP contribution is 2.37. The van der Waals surface area contributed by atoms with E-state index in [2.05, 4.69) is 18.6 Å². The fourth-order valence-electron chi connectivity index (χ4n) is 4.58. The SMILES string of the molecule is CCCCOC(=O)NS(=O)(=O)c1sc(CC(C)C)cc1-c1cccc(CN(C(=O)c2ccccc2)c2ccc(C)cc2)c1. The molecule has 0 spiro atoms. The monoisotopic (exact) mass is 618 g/mol. The largest absolute Gasteiger partial charge is 0.449 e. The normalized spacial score (nSPS) is 11.4. The third-order valence-electron chi connectivity index (χ3n) is 6.74. The standard InChI is InChI=1S/C34H38N2O5S2/c1-5-6-19-41-34(38)35-43(39,40)33-31(22-30(42-33)20-24(2)3)28-14-10-11-26(21-28)23-36(29-17-15-25(4)16-18-29)32(37)27-12-8-7-9-13-27/h7-18,21-22,24H,5-6,19-20,23H2,1-4H3,(H,35,38). The van der Waals surface area contributed by atoms with Gasteiger partial charge >= 0.3 is 6.09 Å². The number of unbranched alkanes of at least 4 members (excludes halogenated alkanes) is 1. The number of rotatable bonds is 12. The summed E-state index contributed by atoms with van der Waals surface area (Å²) in [6.07, 6.45) is 1.18. The molecule has 226 valence electrons. The van der Waals surface area contributed by atoms with Crippen LogP contribution in [0.3, 0.4) is 0 Å². The van der Waals surface area contributed by atoms with Crippen molar-refractivity contribution < 1.29 is 22.7 Å².